The van der Waals surface area contributed by atoms with Gasteiger partial charge < -0.3 is 20.1 Å². The third-order valence-electron chi connectivity index (χ3n) is 8.06. The molecule has 3 fully saturated rings. The number of imidazole rings is 1. The van der Waals surface area contributed by atoms with E-state index < -0.39 is 0 Å². The second-order valence-corrected chi connectivity index (χ2v) is 10.2. The molecule has 5 rings (SSSR count). The van der Waals surface area contributed by atoms with Gasteiger partial charge in [0.1, 0.15) is 11.3 Å². The van der Waals surface area contributed by atoms with E-state index in [1.54, 1.807) is 21.6 Å². The fourth-order valence-corrected chi connectivity index (χ4v) is 6.13. The first-order valence-electron chi connectivity index (χ1n) is 13.1. The van der Waals surface area contributed by atoms with E-state index in [0.29, 0.717) is 30.1 Å². The van der Waals surface area contributed by atoms with Crippen molar-refractivity contribution in [3.63, 3.8) is 0 Å². The minimum Gasteiger partial charge on any atom is -0.394 e. The quantitative estimate of drug-likeness (QED) is 0.621. The summed E-state index contributed by atoms with van der Waals surface area (Å²) in [6.07, 6.45) is 9.55. The van der Waals surface area contributed by atoms with Crippen LogP contribution in [0.2, 0.25) is 0 Å². The van der Waals surface area contributed by atoms with Crippen LogP contribution in [0.3, 0.4) is 0 Å². The highest BCUT2D eigenvalue weighted by atomic mass is 16.5. The molecule has 2 amide bonds. The SMILES string of the molecule is O=C(NCC1(N2CCOCC2)CCCCC1)c1cccc2nc(CC(=O)N3CCC[C@@H]3CO)cn12. The number of amides is 2. The van der Waals surface area contributed by atoms with Crippen molar-refractivity contribution in [1.82, 2.24) is 24.5 Å². The largest absolute Gasteiger partial charge is 0.394 e. The van der Waals surface area contributed by atoms with Gasteiger partial charge in [-0.05, 0) is 37.8 Å². The highest BCUT2D eigenvalue weighted by Crippen LogP contribution is 2.34. The predicted octanol–water partition coefficient (Wildman–Crippen LogP) is 1.62. The van der Waals surface area contributed by atoms with Gasteiger partial charge in [0, 0.05) is 37.9 Å². The highest BCUT2D eigenvalue weighted by molar-refractivity contribution is 5.93. The molecule has 1 atom stereocenters. The summed E-state index contributed by atoms with van der Waals surface area (Å²) in [5.41, 5.74) is 1.81. The number of hydrogen-bond donors (Lipinski definition) is 2. The van der Waals surface area contributed by atoms with Gasteiger partial charge >= 0.3 is 0 Å². The molecule has 9 nitrogen and oxygen atoms in total. The Bertz CT molecular complexity index is 1040. The molecular formula is C26H37N5O4. The molecule has 2 aliphatic heterocycles. The molecule has 2 saturated heterocycles. The van der Waals surface area contributed by atoms with E-state index in [9.17, 15) is 14.7 Å². The number of likely N-dealkylation sites (tertiary alicyclic amines) is 1. The average molecular weight is 484 g/mol. The van der Waals surface area contributed by atoms with Crippen LogP contribution < -0.4 is 5.32 Å². The Morgan fingerprint density at radius 3 is 2.69 bits per heavy atom. The van der Waals surface area contributed by atoms with Gasteiger partial charge in [0.15, 0.2) is 0 Å². The van der Waals surface area contributed by atoms with Gasteiger partial charge in [-0.2, -0.15) is 0 Å². The number of aliphatic hydroxyl groups is 1. The third kappa shape index (κ3) is 5.08. The first-order valence-corrected chi connectivity index (χ1v) is 13.1. The molecule has 4 heterocycles. The zero-order valence-corrected chi connectivity index (χ0v) is 20.5. The fraction of sp³-hybridized carbons (Fsp3) is 0.654. The Labute approximate surface area is 206 Å². The Kier molecular flexibility index (Phi) is 7.36. The number of fused-ring (bicyclic) bond motifs is 1. The minimum absolute atomic E-state index is 0.00290. The van der Waals surface area contributed by atoms with Gasteiger partial charge in [-0.1, -0.05) is 25.3 Å². The van der Waals surface area contributed by atoms with Gasteiger partial charge in [0.2, 0.25) is 5.91 Å². The van der Waals surface area contributed by atoms with Crippen LogP contribution in [-0.2, 0) is 16.0 Å². The van der Waals surface area contributed by atoms with Gasteiger partial charge in [-0.15, -0.1) is 0 Å². The maximum Gasteiger partial charge on any atom is 0.268 e. The molecule has 2 aromatic rings. The zero-order chi connectivity index (χ0) is 24.3. The number of pyridine rings is 1. The van der Waals surface area contributed by atoms with E-state index in [0.717, 1.165) is 52.0 Å². The number of hydrogen-bond acceptors (Lipinski definition) is 6. The topological polar surface area (TPSA) is 99.4 Å². The molecule has 2 aromatic heterocycles. The van der Waals surface area contributed by atoms with Crippen LogP contribution in [0.5, 0.6) is 0 Å². The van der Waals surface area contributed by atoms with Gasteiger partial charge in [-0.3, -0.25) is 18.9 Å². The molecular weight excluding hydrogens is 446 g/mol. The first kappa shape index (κ1) is 24.2. The van der Waals surface area contributed by atoms with Crippen molar-refractivity contribution in [2.24, 2.45) is 0 Å². The van der Waals surface area contributed by atoms with Crippen molar-refractivity contribution in [1.29, 1.82) is 0 Å². The van der Waals surface area contributed by atoms with Crippen LogP contribution in [0.15, 0.2) is 24.4 Å². The summed E-state index contributed by atoms with van der Waals surface area (Å²) in [6, 6.07) is 5.40. The lowest BCUT2D eigenvalue weighted by atomic mass is 9.79. The van der Waals surface area contributed by atoms with E-state index in [4.69, 9.17) is 4.74 Å². The van der Waals surface area contributed by atoms with Crippen molar-refractivity contribution in [3.8, 4) is 0 Å². The molecule has 35 heavy (non-hydrogen) atoms. The fourth-order valence-electron chi connectivity index (χ4n) is 6.13. The lowest BCUT2D eigenvalue weighted by molar-refractivity contribution is -0.132. The first-order chi connectivity index (χ1) is 17.1. The average Bonchev–Trinajstić information content (AvgIpc) is 3.55. The Morgan fingerprint density at radius 2 is 1.91 bits per heavy atom. The summed E-state index contributed by atoms with van der Waals surface area (Å²) in [6.45, 7) is 4.63. The summed E-state index contributed by atoms with van der Waals surface area (Å²) >= 11 is 0. The number of aromatic nitrogens is 2. The van der Waals surface area contributed by atoms with Crippen LogP contribution in [-0.4, -0.2) is 93.7 Å². The van der Waals surface area contributed by atoms with Crippen LogP contribution in [0.25, 0.3) is 5.65 Å². The maximum absolute atomic E-state index is 13.3. The zero-order valence-electron chi connectivity index (χ0n) is 20.5. The number of nitrogens with one attached hydrogen (secondary N) is 1. The second kappa shape index (κ2) is 10.6. The van der Waals surface area contributed by atoms with Gasteiger partial charge in [-0.25, -0.2) is 4.98 Å². The van der Waals surface area contributed by atoms with E-state index in [1.807, 2.05) is 12.1 Å². The third-order valence-corrected chi connectivity index (χ3v) is 8.06. The number of morpholine rings is 1. The number of carbonyl (C=O) groups excluding carboxylic acids is 2. The number of nitrogens with zero attached hydrogens (tertiary/aromatic N) is 4. The van der Waals surface area contributed by atoms with Gasteiger partial charge in [0.25, 0.3) is 5.91 Å². The minimum atomic E-state index is -0.121. The van der Waals surface area contributed by atoms with Crippen LogP contribution in [0, 0.1) is 0 Å². The van der Waals surface area contributed by atoms with Crippen molar-refractivity contribution in [2.45, 2.75) is 62.9 Å². The summed E-state index contributed by atoms with van der Waals surface area (Å²) < 4.78 is 7.36. The van der Waals surface area contributed by atoms with Crippen molar-refractivity contribution >= 4 is 17.5 Å². The molecule has 1 aliphatic carbocycles. The predicted molar refractivity (Wildman–Crippen MR) is 131 cm³/mol. The molecule has 0 unspecified atom stereocenters. The van der Waals surface area contributed by atoms with E-state index in [2.05, 4.69) is 15.2 Å². The summed E-state index contributed by atoms with van der Waals surface area (Å²) in [4.78, 5) is 35.0. The standard InChI is InChI=1S/C26H37N5O4/c32-18-21-6-5-11-30(21)24(33)16-20-17-31-22(7-4-8-23(31)28-20)25(34)27-19-26(9-2-1-3-10-26)29-12-14-35-15-13-29/h4,7-8,17,21,32H,1-3,5-6,9-16,18-19H2,(H,27,34)/t21-/m1/s1. The molecule has 0 radical (unpaired) electrons. The van der Waals surface area contributed by atoms with Crippen LogP contribution in [0.1, 0.15) is 61.1 Å². The van der Waals surface area contributed by atoms with Crippen molar-refractivity contribution < 1.29 is 19.4 Å². The molecule has 9 heteroatoms. The summed E-state index contributed by atoms with van der Waals surface area (Å²) in [7, 11) is 0. The smallest absolute Gasteiger partial charge is 0.268 e. The molecule has 2 N–H and O–H groups in total. The molecule has 190 valence electrons. The monoisotopic (exact) mass is 483 g/mol. The highest BCUT2D eigenvalue weighted by Gasteiger charge is 2.39. The normalized spacial score (nSPS) is 23.0. The molecule has 0 bridgehead atoms. The number of ether oxygens (including phenoxy) is 1. The lowest BCUT2D eigenvalue weighted by Crippen LogP contribution is -2.59. The Morgan fingerprint density at radius 1 is 1.11 bits per heavy atom. The van der Waals surface area contributed by atoms with Crippen LogP contribution >= 0.6 is 0 Å². The molecule has 3 aliphatic rings. The number of carbonyl (C=O) groups is 2. The summed E-state index contributed by atoms with van der Waals surface area (Å²) in [5, 5.41) is 12.8. The number of aliphatic hydroxyl groups excluding tert-OH is 1. The Balaban J connectivity index is 1.29. The number of rotatable bonds is 7. The molecule has 1 saturated carbocycles. The van der Waals surface area contributed by atoms with Crippen LogP contribution in [0.4, 0.5) is 0 Å². The van der Waals surface area contributed by atoms with Crippen molar-refractivity contribution in [2.75, 3.05) is 46.0 Å². The lowest BCUT2D eigenvalue weighted by Gasteiger charge is -2.48. The van der Waals surface area contributed by atoms with E-state index in [-0.39, 0.29) is 36.4 Å². The Hall–Kier alpha value is -2.49. The second-order valence-electron chi connectivity index (χ2n) is 10.2. The summed E-state index contributed by atoms with van der Waals surface area (Å²) in [5.74, 6) is -0.148. The van der Waals surface area contributed by atoms with E-state index >= 15 is 0 Å². The van der Waals surface area contributed by atoms with E-state index in [1.165, 1.54) is 19.3 Å². The molecule has 0 spiro atoms. The van der Waals surface area contributed by atoms with Crippen molar-refractivity contribution in [3.05, 3.63) is 35.8 Å². The van der Waals surface area contributed by atoms with Gasteiger partial charge in [0.05, 0.1) is 38.0 Å². The molecule has 0 aromatic carbocycles. The maximum atomic E-state index is 13.3.